The Labute approximate surface area is 132 Å². The second-order valence-corrected chi connectivity index (χ2v) is 7.53. The molecule has 0 atom stereocenters. The van der Waals surface area contributed by atoms with E-state index in [1.54, 1.807) is 0 Å². The van der Waals surface area contributed by atoms with Crippen molar-refractivity contribution in [1.29, 1.82) is 0 Å². The van der Waals surface area contributed by atoms with E-state index in [2.05, 4.69) is 58.2 Å². The number of carbonyl (C=O) groups excluding carboxylic acids is 2. The summed E-state index contributed by atoms with van der Waals surface area (Å²) in [5, 5.41) is 5.27. The van der Waals surface area contributed by atoms with Gasteiger partial charge in [-0.05, 0) is 28.0 Å². The Morgan fingerprint density at radius 2 is 1.64 bits per heavy atom. The fraction of sp³-hybridized carbons (Fsp3) is 0.529. The number of primary amides is 1. The van der Waals surface area contributed by atoms with Crippen molar-refractivity contribution >= 4 is 17.6 Å². The summed E-state index contributed by atoms with van der Waals surface area (Å²) in [5.74, 6) is -0.574. The highest BCUT2D eigenvalue weighted by Gasteiger charge is 2.22. The first-order valence-corrected chi connectivity index (χ1v) is 7.39. The topological polar surface area (TPSA) is 84.2 Å². The van der Waals surface area contributed by atoms with Crippen molar-refractivity contribution in [3.05, 3.63) is 29.3 Å². The molecule has 22 heavy (non-hydrogen) atoms. The van der Waals surface area contributed by atoms with Crippen LogP contribution in [-0.4, -0.2) is 18.5 Å². The number of carbonyl (C=O) groups is 2. The Kier molecular flexibility index (Phi) is 5.22. The number of benzene rings is 1. The maximum atomic E-state index is 11.9. The summed E-state index contributed by atoms with van der Waals surface area (Å²) >= 11 is 0. The number of anilines is 1. The Morgan fingerprint density at radius 1 is 1.05 bits per heavy atom. The van der Waals surface area contributed by atoms with E-state index in [9.17, 15) is 9.59 Å². The summed E-state index contributed by atoms with van der Waals surface area (Å²) in [6.07, 6.45) is 0. The highest BCUT2D eigenvalue weighted by Crippen LogP contribution is 2.33. The van der Waals surface area contributed by atoms with Gasteiger partial charge in [-0.1, -0.05) is 53.7 Å². The fourth-order valence-corrected chi connectivity index (χ4v) is 2.10. The molecule has 1 aromatic carbocycles. The quantitative estimate of drug-likeness (QED) is 0.802. The highest BCUT2D eigenvalue weighted by molar-refractivity contribution is 5.93. The predicted octanol–water partition coefficient (Wildman–Crippen LogP) is 2.89. The molecule has 3 amide bonds. The van der Waals surface area contributed by atoms with Crippen LogP contribution in [0.4, 0.5) is 10.5 Å². The van der Waals surface area contributed by atoms with Crippen LogP contribution in [0.1, 0.15) is 52.7 Å². The summed E-state index contributed by atoms with van der Waals surface area (Å²) < 4.78 is 0. The lowest BCUT2D eigenvalue weighted by Crippen LogP contribution is -2.36. The van der Waals surface area contributed by atoms with Gasteiger partial charge in [-0.3, -0.25) is 4.79 Å². The number of rotatable bonds is 3. The minimum absolute atomic E-state index is 0.0173. The summed E-state index contributed by atoms with van der Waals surface area (Å²) in [6, 6.07) is 5.69. The molecule has 1 rings (SSSR count). The van der Waals surface area contributed by atoms with Crippen LogP contribution < -0.4 is 16.4 Å². The highest BCUT2D eigenvalue weighted by atomic mass is 16.2. The molecule has 0 fully saturated rings. The molecule has 0 unspecified atom stereocenters. The van der Waals surface area contributed by atoms with E-state index in [-0.39, 0.29) is 17.4 Å². The lowest BCUT2D eigenvalue weighted by molar-refractivity contribution is -0.117. The zero-order chi connectivity index (χ0) is 17.1. The molecule has 5 heteroatoms. The van der Waals surface area contributed by atoms with Crippen molar-refractivity contribution in [1.82, 2.24) is 5.32 Å². The molecule has 0 aromatic heterocycles. The van der Waals surface area contributed by atoms with E-state index >= 15 is 0 Å². The summed E-state index contributed by atoms with van der Waals surface area (Å²) in [5.41, 5.74) is 7.83. The van der Waals surface area contributed by atoms with Crippen molar-refractivity contribution in [3.8, 4) is 0 Å². The Hall–Kier alpha value is -2.04. The third-order valence-corrected chi connectivity index (χ3v) is 3.36. The third kappa shape index (κ3) is 5.06. The van der Waals surface area contributed by atoms with Gasteiger partial charge in [0.1, 0.15) is 0 Å². The molecule has 0 bridgehead atoms. The van der Waals surface area contributed by atoms with E-state index in [4.69, 9.17) is 5.73 Å². The van der Waals surface area contributed by atoms with Crippen LogP contribution >= 0.6 is 0 Å². The van der Waals surface area contributed by atoms with Gasteiger partial charge in [0.25, 0.3) is 0 Å². The first-order valence-electron chi connectivity index (χ1n) is 7.39. The van der Waals surface area contributed by atoms with Crippen molar-refractivity contribution < 1.29 is 9.59 Å². The Morgan fingerprint density at radius 3 is 2.09 bits per heavy atom. The van der Waals surface area contributed by atoms with E-state index in [0.717, 1.165) is 16.8 Å². The molecule has 0 aliphatic heterocycles. The van der Waals surface area contributed by atoms with Gasteiger partial charge in [-0.15, -0.1) is 0 Å². The number of nitrogens with two attached hydrogens (primary N) is 1. The van der Waals surface area contributed by atoms with Crippen LogP contribution in [0.5, 0.6) is 0 Å². The van der Waals surface area contributed by atoms with E-state index in [1.165, 1.54) is 0 Å². The molecule has 0 heterocycles. The summed E-state index contributed by atoms with van der Waals surface area (Å²) in [7, 11) is 0. The molecule has 0 saturated carbocycles. The summed E-state index contributed by atoms with van der Waals surface area (Å²) in [4.78, 5) is 22.7. The van der Waals surface area contributed by atoms with Crippen LogP contribution in [0.15, 0.2) is 18.2 Å². The lowest BCUT2D eigenvalue weighted by atomic mass is 9.81. The van der Waals surface area contributed by atoms with Crippen LogP contribution in [0.3, 0.4) is 0 Å². The normalized spacial score (nSPS) is 11.9. The molecule has 0 radical (unpaired) electrons. The van der Waals surface area contributed by atoms with Gasteiger partial charge in [0, 0.05) is 5.69 Å². The largest absolute Gasteiger partial charge is 0.368 e. The van der Waals surface area contributed by atoms with Gasteiger partial charge in [0.05, 0.1) is 6.54 Å². The van der Waals surface area contributed by atoms with Crippen molar-refractivity contribution in [2.24, 2.45) is 5.73 Å². The summed E-state index contributed by atoms with van der Waals surface area (Å²) in [6.45, 7) is 12.4. The minimum Gasteiger partial charge on any atom is -0.368 e. The zero-order valence-corrected chi connectivity index (χ0v) is 14.3. The molecule has 1 aromatic rings. The van der Waals surface area contributed by atoms with Crippen LogP contribution in [-0.2, 0) is 15.6 Å². The monoisotopic (exact) mass is 305 g/mol. The van der Waals surface area contributed by atoms with Crippen LogP contribution in [0.2, 0.25) is 0 Å². The number of hydrogen-bond donors (Lipinski definition) is 3. The maximum Gasteiger partial charge on any atom is 0.319 e. The van der Waals surface area contributed by atoms with E-state index < -0.39 is 11.9 Å². The first-order chi connectivity index (χ1) is 9.91. The number of urea groups is 1. The maximum absolute atomic E-state index is 11.9. The number of amides is 3. The zero-order valence-electron chi connectivity index (χ0n) is 14.3. The molecule has 4 N–H and O–H groups in total. The average molecular weight is 305 g/mol. The SMILES string of the molecule is CC(C)(C)c1ccc(C(C)(C)C)c(NC(=O)NCC(N)=O)c1. The average Bonchev–Trinajstić information content (AvgIpc) is 2.33. The Bertz CT molecular complexity index is 566. The molecule has 5 nitrogen and oxygen atoms in total. The van der Waals surface area contributed by atoms with Gasteiger partial charge in [0.2, 0.25) is 5.91 Å². The van der Waals surface area contributed by atoms with Gasteiger partial charge in [0.15, 0.2) is 0 Å². The third-order valence-electron chi connectivity index (χ3n) is 3.36. The molecular weight excluding hydrogens is 278 g/mol. The molecular formula is C17H27N3O2. The van der Waals surface area contributed by atoms with Crippen molar-refractivity contribution in [3.63, 3.8) is 0 Å². The van der Waals surface area contributed by atoms with Crippen molar-refractivity contribution in [2.75, 3.05) is 11.9 Å². The molecule has 0 saturated heterocycles. The Balaban J connectivity index is 3.12. The van der Waals surface area contributed by atoms with Crippen molar-refractivity contribution in [2.45, 2.75) is 52.4 Å². The lowest BCUT2D eigenvalue weighted by Gasteiger charge is -2.27. The van der Waals surface area contributed by atoms with E-state index in [1.807, 2.05) is 12.1 Å². The molecule has 0 spiro atoms. The molecule has 122 valence electrons. The van der Waals surface area contributed by atoms with Crippen LogP contribution in [0, 0.1) is 0 Å². The number of nitrogens with one attached hydrogen (secondary N) is 2. The predicted molar refractivity (Wildman–Crippen MR) is 90.1 cm³/mol. The molecule has 0 aliphatic carbocycles. The fourth-order valence-electron chi connectivity index (χ4n) is 2.10. The number of hydrogen-bond acceptors (Lipinski definition) is 2. The second kappa shape index (κ2) is 6.38. The minimum atomic E-state index is -0.574. The van der Waals surface area contributed by atoms with Gasteiger partial charge >= 0.3 is 6.03 Å². The molecule has 0 aliphatic rings. The van der Waals surface area contributed by atoms with Crippen LogP contribution in [0.25, 0.3) is 0 Å². The standard InChI is InChI=1S/C17H27N3O2/c1-16(2,3)11-7-8-12(17(4,5)6)13(9-11)20-15(22)19-10-14(18)21/h7-9H,10H2,1-6H3,(H2,18,21)(H2,19,20,22). The van der Waals surface area contributed by atoms with Gasteiger partial charge in [-0.2, -0.15) is 0 Å². The van der Waals surface area contributed by atoms with Gasteiger partial charge < -0.3 is 16.4 Å². The second-order valence-electron chi connectivity index (χ2n) is 7.53. The first kappa shape index (κ1) is 18.0. The smallest absolute Gasteiger partial charge is 0.319 e. The van der Waals surface area contributed by atoms with Gasteiger partial charge in [-0.25, -0.2) is 4.79 Å². The van der Waals surface area contributed by atoms with E-state index in [0.29, 0.717) is 0 Å².